The zero-order chi connectivity index (χ0) is 15.0. The summed E-state index contributed by atoms with van der Waals surface area (Å²) < 4.78 is 14.4. The fourth-order valence-corrected chi connectivity index (χ4v) is 3.05. The molecule has 0 saturated carbocycles. The average Bonchev–Trinajstić information content (AvgIpc) is 3.16. The molecule has 1 aliphatic rings. The van der Waals surface area contributed by atoms with Crippen molar-refractivity contribution in [2.24, 2.45) is 0 Å². The van der Waals surface area contributed by atoms with Crippen molar-refractivity contribution in [2.75, 3.05) is 13.7 Å². The summed E-state index contributed by atoms with van der Waals surface area (Å²) in [6, 6.07) is -0.273. The lowest BCUT2D eigenvalue weighted by molar-refractivity contribution is 0.0674. The van der Waals surface area contributed by atoms with Crippen molar-refractivity contribution in [3.8, 4) is 0 Å². The summed E-state index contributed by atoms with van der Waals surface area (Å²) >= 11 is 1.10. The van der Waals surface area contributed by atoms with Crippen LogP contribution in [0.4, 0.5) is 0 Å². The molecular formula is C12H15N5O3S. The lowest BCUT2D eigenvalue weighted by Crippen LogP contribution is -2.32. The summed E-state index contributed by atoms with van der Waals surface area (Å²) in [5, 5.41) is 7.69. The van der Waals surface area contributed by atoms with Gasteiger partial charge in [0, 0.05) is 20.1 Å². The quantitative estimate of drug-likeness (QED) is 0.839. The highest BCUT2D eigenvalue weighted by Crippen LogP contribution is 2.34. The number of aromatic nitrogens is 4. The molecule has 0 N–H and O–H groups in total. The fourth-order valence-electron chi connectivity index (χ4n) is 2.43. The van der Waals surface area contributed by atoms with E-state index < -0.39 is 0 Å². The van der Waals surface area contributed by atoms with E-state index in [-0.39, 0.29) is 18.1 Å². The van der Waals surface area contributed by atoms with E-state index in [2.05, 4.69) is 19.7 Å². The van der Waals surface area contributed by atoms with Gasteiger partial charge in [0.25, 0.3) is 5.91 Å². The molecule has 0 aliphatic carbocycles. The van der Waals surface area contributed by atoms with Gasteiger partial charge in [-0.2, -0.15) is 4.98 Å². The molecule has 0 aromatic carbocycles. The summed E-state index contributed by atoms with van der Waals surface area (Å²) in [6.07, 6.45) is 0.585. The second-order valence-corrected chi connectivity index (χ2v) is 5.69. The maximum atomic E-state index is 12.7. The molecule has 1 aliphatic heterocycles. The highest BCUT2D eigenvalue weighted by molar-refractivity contribution is 7.07. The fraction of sp³-hybridized carbons (Fsp3) is 0.583. The molecule has 21 heavy (non-hydrogen) atoms. The molecule has 0 spiro atoms. The van der Waals surface area contributed by atoms with Crippen molar-refractivity contribution in [1.82, 2.24) is 24.6 Å². The molecule has 0 radical (unpaired) electrons. The number of methoxy groups -OCH3 is 1. The zero-order valence-electron chi connectivity index (χ0n) is 11.9. The first-order chi connectivity index (χ1) is 10.1. The van der Waals surface area contributed by atoms with Crippen LogP contribution in [-0.4, -0.2) is 50.3 Å². The third-order valence-electron chi connectivity index (χ3n) is 3.53. The SMILES string of the molecule is CO[C@H]1C[C@H](c2nc(C)no2)N(C(=O)c2snnc2C)C1. The van der Waals surface area contributed by atoms with Crippen LogP contribution < -0.4 is 0 Å². The molecule has 2 atom stereocenters. The third-order valence-corrected chi connectivity index (χ3v) is 4.35. The number of carbonyl (C=O) groups excluding carboxylic acids is 1. The maximum absolute atomic E-state index is 12.7. The Morgan fingerprint density at radius 1 is 1.48 bits per heavy atom. The maximum Gasteiger partial charge on any atom is 0.268 e. The van der Waals surface area contributed by atoms with E-state index in [1.807, 2.05) is 0 Å². The van der Waals surface area contributed by atoms with E-state index in [0.29, 0.717) is 35.3 Å². The minimum Gasteiger partial charge on any atom is -0.380 e. The van der Waals surface area contributed by atoms with E-state index in [0.717, 1.165) is 11.5 Å². The van der Waals surface area contributed by atoms with Gasteiger partial charge >= 0.3 is 0 Å². The molecule has 1 fully saturated rings. The monoisotopic (exact) mass is 309 g/mol. The van der Waals surface area contributed by atoms with Crippen molar-refractivity contribution in [1.29, 1.82) is 0 Å². The van der Waals surface area contributed by atoms with E-state index in [9.17, 15) is 4.79 Å². The van der Waals surface area contributed by atoms with Gasteiger partial charge < -0.3 is 14.2 Å². The van der Waals surface area contributed by atoms with Gasteiger partial charge in [-0.05, 0) is 25.4 Å². The molecule has 2 aromatic rings. The third kappa shape index (κ3) is 2.54. The second-order valence-electron chi connectivity index (χ2n) is 4.93. The van der Waals surface area contributed by atoms with Crippen LogP contribution in [-0.2, 0) is 4.74 Å². The molecule has 8 nitrogen and oxygen atoms in total. The number of amides is 1. The lowest BCUT2D eigenvalue weighted by Gasteiger charge is -2.20. The standard InChI is InChI=1S/C12H15N5O3S/c1-6-10(21-16-14-6)12(18)17-5-8(19-3)4-9(17)11-13-7(2)15-20-11/h8-9H,4-5H2,1-3H3/t8-,9+/m0/s1. The molecule has 2 aromatic heterocycles. The first kappa shape index (κ1) is 14.1. The Kier molecular flexibility index (Phi) is 3.68. The molecule has 9 heteroatoms. The summed E-state index contributed by atoms with van der Waals surface area (Å²) in [7, 11) is 1.63. The van der Waals surface area contributed by atoms with Gasteiger partial charge in [-0.1, -0.05) is 9.64 Å². The van der Waals surface area contributed by atoms with E-state index in [1.165, 1.54) is 0 Å². The normalized spacial score (nSPS) is 22.0. The predicted molar refractivity (Wildman–Crippen MR) is 72.9 cm³/mol. The van der Waals surface area contributed by atoms with Crippen molar-refractivity contribution in [3.05, 3.63) is 22.3 Å². The second kappa shape index (κ2) is 5.49. The van der Waals surface area contributed by atoms with Crippen LogP contribution in [0.25, 0.3) is 0 Å². The van der Waals surface area contributed by atoms with Crippen LogP contribution in [0, 0.1) is 13.8 Å². The summed E-state index contributed by atoms with van der Waals surface area (Å²) in [5.74, 6) is 0.868. The highest BCUT2D eigenvalue weighted by atomic mass is 32.1. The molecule has 0 unspecified atom stereocenters. The number of hydrogen-bond acceptors (Lipinski definition) is 8. The number of nitrogens with zero attached hydrogens (tertiary/aromatic N) is 5. The summed E-state index contributed by atoms with van der Waals surface area (Å²) in [6.45, 7) is 4.00. The minimum atomic E-state index is -0.273. The van der Waals surface area contributed by atoms with Gasteiger partial charge in [0.15, 0.2) is 5.82 Å². The number of aryl methyl sites for hydroxylation is 2. The van der Waals surface area contributed by atoms with Gasteiger partial charge in [0.05, 0.1) is 11.8 Å². The molecular weight excluding hydrogens is 294 g/mol. The smallest absolute Gasteiger partial charge is 0.268 e. The topological polar surface area (TPSA) is 94.2 Å². The van der Waals surface area contributed by atoms with Gasteiger partial charge in [-0.25, -0.2) is 0 Å². The lowest BCUT2D eigenvalue weighted by atomic mass is 10.2. The number of ether oxygens (including phenoxy) is 1. The predicted octanol–water partition coefficient (Wildman–Crippen LogP) is 1.14. The van der Waals surface area contributed by atoms with Gasteiger partial charge in [0.2, 0.25) is 5.89 Å². The molecule has 112 valence electrons. The Balaban J connectivity index is 1.91. The molecule has 0 bridgehead atoms. The molecule has 3 rings (SSSR count). The Morgan fingerprint density at radius 3 is 2.86 bits per heavy atom. The van der Waals surface area contributed by atoms with Gasteiger partial charge in [-0.15, -0.1) is 5.10 Å². The van der Waals surface area contributed by atoms with E-state index in [1.54, 1.807) is 25.9 Å². The average molecular weight is 309 g/mol. The largest absolute Gasteiger partial charge is 0.380 e. The summed E-state index contributed by atoms with van der Waals surface area (Å²) in [5.41, 5.74) is 0.631. The van der Waals surface area contributed by atoms with Crippen LogP contribution in [0.15, 0.2) is 4.52 Å². The van der Waals surface area contributed by atoms with Gasteiger partial charge in [0.1, 0.15) is 10.9 Å². The number of carbonyl (C=O) groups is 1. The Hall–Kier alpha value is -1.87. The highest BCUT2D eigenvalue weighted by Gasteiger charge is 2.40. The minimum absolute atomic E-state index is 0.0488. The first-order valence-electron chi connectivity index (χ1n) is 6.53. The first-order valence-corrected chi connectivity index (χ1v) is 7.30. The van der Waals surface area contributed by atoms with Crippen LogP contribution in [0.3, 0.4) is 0 Å². The zero-order valence-corrected chi connectivity index (χ0v) is 12.8. The van der Waals surface area contributed by atoms with E-state index in [4.69, 9.17) is 9.26 Å². The molecule has 3 heterocycles. The number of hydrogen-bond donors (Lipinski definition) is 0. The van der Waals surface area contributed by atoms with Crippen molar-refractivity contribution >= 4 is 17.4 Å². The number of likely N-dealkylation sites (tertiary alicyclic amines) is 1. The van der Waals surface area contributed by atoms with Crippen molar-refractivity contribution in [3.63, 3.8) is 0 Å². The number of rotatable bonds is 3. The Bertz CT molecular complexity index is 655. The van der Waals surface area contributed by atoms with Crippen LogP contribution in [0.2, 0.25) is 0 Å². The van der Waals surface area contributed by atoms with Crippen LogP contribution in [0.5, 0.6) is 0 Å². The van der Waals surface area contributed by atoms with Gasteiger partial charge in [-0.3, -0.25) is 4.79 Å². The van der Waals surface area contributed by atoms with Crippen molar-refractivity contribution < 1.29 is 14.1 Å². The van der Waals surface area contributed by atoms with Crippen molar-refractivity contribution in [2.45, 2.75) is 32.4 Å². The van der Waals surface area contributed by atoms with E-state index >= 15 is 0 Å². The Morgan fingerprint density at radius 2 is 2.29 bits per heavy atom. The molecule has 1 saturated heterocycles. The van der Waals surface area contributed by atoms with Crippen LogP contribution in [0.1, 0.15) is 39.5 Å². The van der Waals surface area contributed by atoms with Crippen LogP contribution >= 0.6 is 11.5 Å². The molecule has 1 amide bonds. The summed E-state index contributed by atoms with van der Waals surface area (Å²) in [4.78, 5) is 19.2. The Labute approximate surface area is 125 Å².